The number of carbonyl (C=O) groups is 1. The second-order valence-corrected chi connectivity index (χ2v) is 6.32. The lowest BCUT2D eigenvalue weighted by atomic mass is 9.97. The first-order valence-corrected chi connectivity index (χ1v) is 8.12. The Morgan fingerprint density at radius 2 is 2.25 bits per heavy atom. The molecule has 1 aromatic carbocycles. The standard InChI is InChI=1S/C15H22ClNO2S/c1-4-19-14(18)15(2,17-3)9-6-10-20-13-8-5-7-12(16)11-13/h5,7-8,11,17H,4,6,9-10H2,1-3H3. The monoisotopic (exact) mass is 315 g/mol. The highest BCUT2D eigenvalue weighted by atomic mass is 35.5. The highest BCUT2D eigenvalue weighted by Crippen LogP contribution is 2.24. The second kappa shape index (κ2) is 8.55. The number of likely N-dealkylation sites (N-methyl/N-ethyl adjacent to an activating group) is 1. The molecule has 0 aromatic heterocycles. The normalized spacial score (nSPS) is 13.8. The number of carbonyl (C=O) groups excluding carboxylic acids is 1. The molecule has 1 aromatic rings. The molecule has 0 radical (unpaired) electrons. The Balaban J connectivity index is 2.40. The molecular formula is C15H22ClNO2S. The van der Waals surface area contributed by atoms with Gasteiger partial charge in [0.15, 0.2) is 0 Å². The van der Waals surface area contributed by atoms with E-state index >= 15 is 0 Å². The number of hydrogen-bond acceptors (Lipinski definition) is 4. The fourth-order valence-electron chi connectivity index (χ4n) is 1.79. The highest BCUT2D eigenvalue weighted by molar-refractivity contribution is 7.99. The van der Waals surface area contributed by atoms with Gasteiger partial charge in [-0.3, -0.25) is 4.79 Å². The molecule has 20 heavy (non-hydrogen) atoms. The summed E-state index contributed by atoms with van der Waals surface area (Å²) in [5.74, 6) is 0.757. The van der Waals surface area contributed by atoms with Gasteiger partial charge in [-0.05, 0) is 57.7 Å². The summed E-state index contributed by atoms with van der Waals surface area (Å²) in [6.45, 7) is 4.12. The molecule has 1 rings (SSSR count). The maximum atomic E-state index is 11.9. The maximum absolute atomic E-state index is 11.9. The Morgan fingerprint density at radius 3 is 2.85 bits per heavy atom. The van der Waals surface area contributed by atoms with E-state index in [0.717, 1.165) is 28.5 Å². The molecule has 0 bridgehead atoms. The number of ether oxygens (including phenoxy) is 1. The molecule has 0 heterocycles. The molecule has 3 nitrogen and oxygen atoms in total. The molecule has 0 saturated heterocycles. The summed E-state index contributed by atoms with van der Waals surface area (Å²) in [5, 5.41) is 3.82. The van der Waals surface area contributed by atoms with Crippen LogP contribution in [0.2, 0.25) is 5.02 Å². The SMILES string of the molecule is CCOC(=O)C(C)(CCCSc1cccc(Cl)c1)NC. The average Bonchev–Trinajstić information content (AvgIpc) is 2.43. The van der Waals surface area contributed by atoms with Gasteiger partial charge >= 0.3 is 5.97 Å². The van der Waals surface area contributed by atoms with Gasteiger partial charge in [0.05, 0.1) is 6.61 Å². The average molecular weight is 316 g/mol. The molecule has 1 N–H and O–H groups in total. The molecule has 112 valence electrons. The zero-order chi connectivity index (χ0) is 15.0. The van der Waals surface area contributed by atoms with Crippen LogP contribution in [-0.4, -0.2) is 30.9 Å². The van der Waals surface area contributed by atoms with Crippen molar-refractivity contribution >= 4 is 29.3 Å². The van der Waals surface area contributed by atoms with Crippen molar-refractivity contribution in [2.24, 2.45) is 0 Å². The van der Waals surface area contributed by atoms with Gasteiger partial charge in [-0.25, -0.2) is 0 Å². The number of esters is 1. The van der Waals surface area contributed by atoms with E-state index in [-0.39, 0.29) is 5.97 Å². The maximum Gasteiger partial charge on any atom is 0.326 e. The minimum Gasteiger partial charge on any atom is -0.465 e. The van der Waals surface area contributed by atoms with Gasteiger partial charge in [0.1, 0.15) is 5.54 Å². The Bertz CT molecular complexity index is 442. The summed E-state index contributed by atoms with van der Waals surface area (Å²) in [7, 11) is 1.79. The van der Waals surface area contributed by atoms with Crippen LogP contribution >= 0.6 is 23.4 Å². The third kappa shape index (κ3) is 5.35. The fraction of sp³-hybridized carbons (Fsp3) is 0.533. The molecule has 0 aliphatic rings. The molecule has 0 fully saturated rings. The summed E-state index contributed by atoms with van der Waals surface area (Å²) < 4.78 is 5.10. The van der Waals surface area contributed by atoms with E-state index in [1.165, 1.54) is 0 Å². The Labute approximate surface area is 130 Å². The van der Waals surface area contributed by atoms with Crippen molar-refractivity contribution in [1.29, 1.82) is 0 Å². The van der Waals surface area contributed by atoms with Gasteiger partial charge in [0.25, 0.3) is 0 Å². The molecule has 1 unspecified atom stereocenters. The predicted molar refractivity (Wildman–Crippen MR) is 85.5 cm³/mol. The molecular weight excluding hydrogens is 294 g/mol. The molecule has 0 amide bonds. The van der Waals surface area contributed by atoms with E-state index in [1.54, 1.807) is 18.8 Å². The van der Waals surface area contributed by atoms with E-state index < -0.39 is 5.54 Å². The van der Waals surface area contributed by atoms with Crippen LogP contribution in [0.1, 0.15) is 26.7 Å². The number of hydrogen-bond donors (Lipinski definition) is 1. The minimum atomic E-state index is -0.606. The summed E-state index contributed by atoms with van der Waals surface area (Å²) in [6.07, 6.45) is 1.67. The van der Waals surface area contributed by atoms with Crippen LogP contribution in [0.3, 0.4) is 0 Å². The van der Waals surface area contributed by atoms with E-state index in [4.69, 9.17) is 16.3 Å². The number of halogens is 1. The lowest BCUT2D eigenvalue weighted by molar-refractivity contribution is -0.150. The predicted octanol–water partition coefficient (Wildman–Crippen LogP) is 3.75. The Hall–Kier alpha value is -0.710. The third-order valence-electron chi connectivity index (χ3n) is 3.16. The van der Waals surface area contributed by atoms with Crippen molar-refractivity contribution in [2.75, 3.05) is 19.4 Å². The van der Waals surface area contributed by atoms with Crippen LogP contribution < -0.4 is 5.32 Å². The van der Waals surface area contributed by atoms with Crippen LogP contribution in [0, 0.1) is 0 Å². The molecule has 5 heteroatoms. The molecule has 0 aliphatic carbocycles. The minimum absolute atomic E-state index is 0.185. The topological polar surface area (TPSA) is 38.3 Å². The van der Waals surface area contributed by atoms with Crippen molar-refractivity contribution in [1.82, 2.24) is 5.32 Å². The quantitative estimate of drug-likeness (QED) is 0.450. The van der Waals surface area contributed by atoms with E-state index in [1.807, 2.05) is 38.1 Å². The zero-order valence-corrected chi connectivity index (χ0v) is 13.8. The van der Waals surface area contributed by atoms with Gasteiger partial charge in [0.2, 0.25) is 0 Å². The lowest BCUT2D eigenvalue weighted by Crippen LogP contribution is -2.48. The highest BCUT2D eigenvalue weighted by Gasteiger charge is 2.32. The van der Waals surface area contributed by atoms with Crippen LogP contribution in [0.5, 0.6) is 0 Å². The van der Waals surface area contributed by atoms with Crippen molar-refractivity contribution in [3.05, 3.63) is 29.3 Å². The molecule has 0 aliphatic heterocycles. The fourth-order valence-corrected chi connectivity index (χ4v) is 2.96. The summed E-state index contributed by atoms with van der Waals surface area (Å²) in [5.41, 5.74) is -0.606. The van der Waals surface area contributed by atoms with Gasteiger partial charge in [-0.2, -0.15) is 0 Å². The molecule has 1 atom stereocenters. The van der Waals surface area contributed by atoms with Crippen molar-refractivity contribution in [2.45, 2.75) is 37.1 Å². The van der Waals surface area contributed by atoms with Crippen LogP contribution in [-0.2, 0) is 9.53 Å². The summed E-state index contributed by atoms with van der Waals surface area (Å²) in [6, 6.07) is 7.80. The van der Waals surface area contributed by atoms with Crippen molar-refractivity contribution in [3.63, 3.8) is 0 Å². The Morgan fingerprint density at radius 1 is 1.50 bits per heavy atom. The summed E-state index contributed by atoms with van der Waals surface area (Å²) in [4.78, 5) is 13.0. The van der Waals surface area contributed by atoms with Crippen LogP contribution in [0.15, 0.2) is 29.2 Å². The van der Waals surface area contributed by atoms with E-state index in [2.05, 4.69) is 5.32 Å². The van der Waals surface area contributed by atoms with Gasteiger partial charge in [0, 0.05) is 9.92 Å². The second-order valence-electron chi connectivity index (χ2n) is 4.71. The first kappa shape index (κ1) is 17.3. The Kier molecular flexibility index (Phi) is 7.41. The third-order valence-corrected chi connectivity index (χ3v) is 4.48. The van der Waals surface area contributed by atoms with E-state index in [9.17, 15) is 4.79 Å². The number of benzene rings is 1. The van der Waals surface area contributed by atoms with Crippen molar-refractivity contribution in [3.8, 4) is 0 Å². The molecule has 0 saturated carbocycles. The zero-order valence-electron chi connectivity index (χ0n) is 12.2. The van der Waals surface area contributed by atoms with Gasteiger partial charge in [-0.15, -0.1) is 11.8 Å². The van der Waals surface area contributed by atoms with Crippen LogP contribution in [0.25, 0.3) is 0 Å². The van der Waals surface area contributed by atoms with Crippen LogP contribution in [0.4, 0.5) is 0 Å². The van der Waals surface area contributed by atoms with E-state index in [0.29, 0.717) is 6.61 Å². The lowest BCUT2D eigenvalue weighted by Gasteiger charge is -2.26. The van der Waals surface area contributed by atoms with Gasteiger partial charge in [-0.1, -0.05) is 17.7 Å². The first-order chi connectivity index (χ1) is 9.51. The summed E-state index contributed by atoms with van der Waals surface area (Å²) >= 11 is 7.69. The largest absolute Gasteiger partial charge is 0.465 e. The number of rotatable bonds is 8. The number of thioether (sulfide) groups is 1. The number of nitrogens with one attached hydrogen (secondary N) is 1. The first-order valence-electron chi connectivity index (χ1n) is 6.76. The van der Waals surface area contributed by atoms with Crippen molar-refractivity contribution < 1.29 is 9.53 Å². The smallest absolute Gasteiger partial charge is 0.326 e. The van der Waals surface area contributed by atoms with Gasteiger partial charge < -0.3 is 10.1 Å². The molecule has 0 spiro atoms.